The van der Waals surface area contributed by atoms with Crippen molar-refractivity contribution in [3.05, 3.63) is 24.0 Å². The van der Waals surface area contributed by atoms with E-state index in [0.29, 0.717) is 30.6 Å². The maximum atomic E-state index is 13.5. The second-order valence-corrected chi connectivity index (χ2v) is 8.11. The fourth-order valence-electron chi connectivity index (χ4n) is 3.65. The molecule has 3 heterocycles. The first-order valence-corrected chi connectivity index (χ1v) is 9.76. The zero-order valence-electron chi connectivity index (χ0n) is 16.6. The van der Waals surface area contributed by atoms with Crippen LogP contribution in [0.25, 0.3) is 5.95 Å². The average molecular weight is 391 g/mol. The summed E-state index contributed by atoms with van der Waals surface area (Å²) < 4.78 is 28.6. The van der Waals surface area contributed by atoms with Gasteiger partial charge in [0.25, 0.3) is 5.95 Å². The molecular weight excluding hydrogens is 364 g/mol. The number of nitrogens with one attached hydrogen (secondary N) is 1. The smallest absolute Gasteiger partial charge is 0.254 e. The lowest BCUT2D eigenvalue weighted by molar-refractivity contribution is -0.0361. The summed E-state index contributed by atoms with van der Waals surface area (Å²) in [5, 5.41) is 7.76. The van der Waals surface area contributed by atoms with E-state index in [2.05, 4.69) is 44.3 Å². The van der Waals surface area contributed by atoms with Crippen molar-refractivity contribution >= 4 is 11.6 Å². The molecule has 152 valence electrons. The van der Waals surface area contributed by atoms with E-state index in [4.69, 9.17) is 0 Å². The number of hydrogen-bond acceptors (Lipinski definition) is 6. The molecule has 1 aliphatic heterocycles. The van der Waals surface area contributed by atoms with E-state index in [-0.39, 0.29) is 18.9 Å². The van der Waals surface area contributed by atoms with Gasteiger partial charge in [0, 0.05) is 50.3 Å². The number of aryl methyl sites for hydroxylation is 1. The van der Waals surface area contributed by atoms with Crippen LogP contribution in [0.1, 0.15) is 31.4 Å². The molecule has 1 saturated carbocycles. The van der Waals surface area contributed by atoms with Crippen LogP contribution in [0.2, 0.25) is 0 Å². The summed E-state index contributed by atoms with van der Waals surface area (Å²) in [4.78, 5) is 13.7. The fourth-order valence-corrected chi connectivity index (χ4v) is 3.65. The van der Waals surface area contributed by atoms with Crippen molar-refractivity contribution in [2.24, 2.45) is 0 Å². The normalized spacial score (nSPS) is 20.4. The van der Waals surface area contributed by atoms with Gasteiger partial charge in [0.2, 0.25) is 5.92 Å². The predicted octanol–water partition coefficient (Wildman–Crippen LogP) is 2.71. The molecule has 1 aliphatic carbocycles. The van der Waals surface area contributed by atoms with Crippen molar-refractivity contribution in [3.63, 3.8) is 0 Å². The quantitative estimate of drug-likeness (QED) is 0.846. The van der Waals surface area contributed by atoms with Gasteiger partial charge in [-0.05, 0) is 39.9 Å². The van der Waals surface area contributed by atoms with Crippen LogP contribution in [0.4, 0.5) is 20.4 Å². The topological polar surface area (TPSA) is 62.1 Å². The molecule has 28 heavy (non-hydrogen) atoms. The first-order chi connectivity index (χ1) is 13.3. The Labute approximate surface area is 163 Å². The van der Waals surface area contributed by atoms with E-state index in [0.717, 1.165) is 24.6 Å². The van der Waals surface area contributed by atoms with E-state index in [1.165, 1.54) is 0 Å². The highest BCUT2D eigenvalue weighted by atomic mass is 19.3. The Morgan fingerprint density at radius 1 is 1.18 bits per heavy atom. The number of alkyl halides is 2. The van der Waals surface area contributed by atoms with Crippen LogP contribution in [-0.4, -0.2) is 69.8 Å². The summed E-state index contributed by atoms with van der Waals surface area (Å²) in [7, 11) is 4.15. The van der Waals surface area contributed by atoms with Crippen molar-refractivity contribution in [3.8, 4) is 5.95 Å². The average Bonchev–Trinajstić information content (AvgIpc) is 3.02. The molecule has 0 aromatic carbocycles. The molecule has 2 aliphatic rings. The minimum atomic E-state index is -2.54. The van der Waals surface area contributed by atoms with Gasteiger partial charge < -0.3 is 15.1 Å². The third-order valence-electron chi connectivity index (χ3n) is 5.61. The highest BCUT2D eigenvalue weighted by Crippen LogP contribution is 2.34. The number of hydrogen-bond donors (Lipinski definition) is 1. The predicted molar refractivity (Wildman–Crippen MR) is 104 cm³/mol. The lowest BCUT2D eigenvalue weighted by atomic mass is 9.92. The second-order valence-electron chi connectivity index (χ2n) is 8.11. The van der Waals surface area contributed by atoms with E-state index in [9.17, 15) is 8.78 Å². The summed E-state index contributed by atoms with van der Waals surface area (Å²) in [6.45, 7) is 3.71. The van der Waals surface area contributed by atoms with Gasteiger partial charge in [-0.3, -0.25) is 0 Å². The Kier molecular flexibility index (Phi) is 4.95. The summed E-state index contributed by atoms with van der Waals surface area (Å²) in [5.74, 6) is -0.551. The molecule has 1 N–H and O–H groups in total. The summed E-state index contributed by atoms with van der Waals surface area (Å²) >= 11 is 0. The maximum Gasteiger partial charge on any atom is 0.254 e. The van der Waals surface area contributed by atoms with Crippen LogP contribution < -0.4 is 10.2 Å². The third-order valence-corrected chi connectivity index (χ3v) is 5.61. The van der Waals surface area contributed by atoms with Gasteiger partial charge in [-0.2, -0.15) is 15.1 Å². The Morgan fingerprint density at radius 2 is 1.89 bits per heavy atom. The molecule has 1 saturated heterocycles. The Morgan fingerprint density at radius 3 is 2.50 bits per heavy atom. The SMILES string of the molecule is Cc1ccn(-c2nc(NC3CCC(F)(F)CC3)cc(N3CC(N(C)C)C3)n2)n1. The summed E-state index contributed by atoms with van der Waals surface area (Å²) in [6, 6.07) is 4.32. The molecule has 2 aromatic rings. The number of halogens is 2. The van der Waals surface area contributed by atoms with Gasteiger partial charge in [-0.15, -0.1) is 0 Å². The molecule has 0 unspecified atom stereocenters. The fraction of sp³-hybridized carbons (Fsp3) is 0.632. The Bertz CT molecular complexity index is 819. The monoisotopic (exact) mass is 391 g/mol. The number of aromatic nitrogens is 4. The molecule has 0 amide bonds. The zero-order chi connectivity index (χ0) is 19.9. The van der Waals surface area contributed by atoms with Gasteiger partial charge in [0.1, 0.15) is 11.6 Å². The molecule has 2 fully saturated rings. The molecule has 0 atom stereocenters. The first-order valence-electron chi connectivity index (χ1n) is 9.76. The van der Waals surface area contributed by atoms with Crippen molar-refractivity contribution in [2.75, 3.05) is 37.4 Å². The molecule has 0 bridgehead atoms. The van der Waals surface area contributed by atoms with Gasteiger partial charge in [0.05, 0.1) is 5.69 Å². The van der Waals surface area contributed by atoms with Crippen LogP contribution >= 0.6 is 0 Å². The molecule has 7 nitrogen and oxygen atoms in total. The number of likely N-dealkylation sites (N-methyl/N-ethyl adjacent to an activating group) is 1. The van der Waals surface area contributed by atoms with Crippen LogP contribution in [0.5, 0.6) is 0 Å². The molecule has 0 radical (unpaired) electrons. The summed E-state index contributed by atoms with van der Waals surface area (Å²) in [5.41, 5.74) is 0.884. The maximum absolute atomic E-state index is 13.5. The minimum absolute atomic E-state index is 0.000460. The van der Waals surface area contributed by atoms with Crippen molar-refractivity contribution in [1.29, 1.82) is 0 Å². The number of rotatable bonds is 5. The van der Waals surface area contributed by atoms with Crippen molar-refractivity contribution < 1.29 is 8.78 Å². The standard InChI is InChI=1S/C19H27F2N7/c1-13-6-9-28(25-13)18-23-16(22-14-4-7-19(20,21)8-5-14)10-17(24-18)27-11-15(12-27)26(2)3/h6,9-10,14-15H,4-5,7-8,11-12H2,1-3H3,(H,22,23,24). The largest absolute Gasteiger partial charge is 0.367 e. The Balaban J connectivity index is 1.56. The molecule has 0 spiro atoms. The van der Waals surface area contributed by atoms with Crippen LogP contribution in [0, 0.1) is 6.92 Å². The first kappa shape index (κ1) is 19.0. The van der Waals surface area contributed by atoms with Crippen molar-refractivity contribution in [2.45, 2.75) is 50.6 Å². The van der Waals surface area contributed by atoms with E-state index >= 15 is 0 Å². The van der Waals surface area contributed by atoms with E-state index < -0.39 is 5.92 Å². The molecule has 4 rings (SSSR count). The number of nitrogens with zero attached hydrogens (tertiary/aromatic N) is 6. The van der Waals surface area contributed by atoms with Gasteiger partial charge in [-0.1, -0.05) is 0 Å². The van der Waals surface area contributed by atoms with Crippen molar-refractivity contribution in [1.82, 2.24) is 24.6 Å². The lowest BCUT2D eigenvalue weighted by Crippen LogP contribution is -2.57. The number of anilines is 2. The van der Waals surface area contributed by atoms with E-state index in [1.807, 2.05) is 25.3 Å². The lowest BCUT2D eigenvalue weighted by Gasteiger charge is -2.43. The van der Waals surface area contributed by atoms with Gasteiger partial charge in [0.15, 0.2) is 0 Å². The highest BCUT2D eigenvalue weighted by Gasteiger charge is 2.35. The molecule has 9 heteroatoms. The third kappa shape index (κ3) is 4.09. The second kappa shape index (κ2) is 7.27. The highest BCUT2D eigenvalue weighted by molar-refractivity contribution is 5.53. The Hall–Kier alpha value is -2.29. The molecule has 2 aromatic heterocycles. The van der Waals surface area contributed by atoms with Crippen LogP contribution in [0.15, 0.2) is 18.3 Å². The van der Waals surface area contributed by atoms with Crippen LogP contribution in [0.3, 0.4) is 0 Å². The van der Waals surface area contributed by atoms with Crippen LogP contribution in [-0.2, 0) is 0 Å². The zero-order valence-corrected chi connectivity index (χ0v) is 16.6. The summed E-state index contributed by atoms with van der Waals surface area (Å²) in [6.07, 6.45) is 2.55. The van der Waals surface area contributed by atoms with Gasteiger partial charge >= 0.3 is 0 Å². The minimum Gasteiger partial charge on any atom is -0.367 e. The van der Waals surface area contributed by atoms with E-state index in [1.54, 1.807) is 4.68 Å². The van der Waals surface area contributed by atoms with Gasteiger partial charge in [-0.25, -0.2) is 13.5 Å². The molecular formula is C19H27F2N7.